The van der Waals surface area contributed by atoms with Gasteiger partial charge in [0.1, 0.15) is 5.82 Å². The average Bonchev–Trinajstić information content (AvgIpc) is 3.23. The topological polar surface area (TPSA) is 53.1 Å². The van der Waals surface area contributed by atoms with Gasteiger partial charge in [0.15, 0.2) is 0 Å². The number of hydrogen-bond acceptors (Lipinski definition) is 6. The summed E-state index contributed by atoms with van der Waals surface area (Å²) < 4.78 is 1.38. The number of nitrogens with one attached hydrogen (secondary N) is 2. The number of rotatable bonds is 7. The van der Waals surface area contributed by atoms with Crippen molar-refractivity contribution in [1.82, 2.24) is 15.3 Å². The molecule has 5 nitrogen and oxygen atoms in total. The van der Waals surface area contributed by atoms with Gasteiger partial charge in [-0.1, -0.05) is 30.3 Å². The molecule has 32 heavy (non-hydrogen) atoms. The minimum absolute atomic E-state index is 0. The van der Waals surface area contributed by atoms with Gasteiger partial charge in [-0.2, -0.15) is 4.98 Å². The predicted octanol–water partition coefficient (Wildman–Crippen LogP) is 6.16. The van der Waals surface area contributed by atoms with E-state index in [1.807, 2.05) is 37.6 Å². The highest BCUT2D eigenvalue weighted by atomic mass is 32.1. The van der Waals surface area contributed by atoms with Crippen LogP contribution in [-0.2, 0) is 6.54 Å². The van der Waals surface area contributed by atoms with Crippen LogP contribution >= 0.6 is 11.3 Å². The number of benzene rings is 2. The molecule has 170 valence electrons. The second kappa shape index (κ2) is 9.43. The average molecular weight is 450 g/mol. The molecule has 5 rings (SSSR count). The van der Waals surface area contributed by atoms with Gasteiger partial charge in [0, 0.05) is 39.6 Å². The first-order valence-corrected chi connectivity index (χ1v) is 12.4. The highest BCUT2D eigenvalue weighted by Crippen LogP contribution is 2.29. The fraction of sp³-hybridized carbons (Fsp3) is 0.385. The molecule has 0 amide bonds. The summed E-state index contributed by atoms with van der Waals surface area (Å²) >= 11 is 1.84. The molecular formula is C26H35N5S. The van der Waals surface area contributed by atoms with E-state index in [0.29, 0.717) is 6.04 Å². The number of thiophene rings is 1. The SMILES string of the molecule is CN(C)c1nc(NC2CCC(CNCc3csc4ccccc34)CC2)nc2ccccc12.[HH].[HH]. The molecule has 2 heterocycles. The second-order valence-electron chi connectivity index (χ2n) is 9.03. The fourth-order valence-electron chi connectivity index (χ4n) is 4.74. The van der Waals surface area contributed by atoms with E-state index in [1.54, 1.807) is 0 Å². The molecule has 1 saturated carbocycles. The molecule has 4 aromatic rings. The predicted molar refractivity (Wildman–Crippen MR) is 141 cm³/mol. The van der Waals surface area contributed by atoms with E-state index in [1.165, 1.54) is 41.3 Å². The summed E-state index contributed by atoms with van der Waals surface area (Å²) in [5, 5.41) is 12.1. The summed E-state index contributed by atoms with van der Waals surface area (Å²) in [6, 6.07) is 17.4. The molecule has 1 aliphatic carbocycles. The monoisotopic (exact) mass is 449 g/mol. The van der Waals surface area contributed by atoms with Gasteiger partial charge in [0.05, 0.1) is 5.52 Å². The van der Waals surface area contributed by atoms with Gasteiger partial charge in [-0.05, 0) is 72.7 Å². The zero-order valence-electron chi connectivity index (χ0n) is 18.8. The lowest BCUT2D eigenvalue weighted by Gasteiger charge is -2.29. The molecular weight excluding hydrogens is 414 g/mol. The highest BCUT2D eigenvalue weighted by Gasteiger charge is 2.22. The molecule has 2 aromatic heterocycles. The Bertz CT molecular complexity index is 1200. The number of hydrogen-bond donors (Lipinski definition) is 2. The number of fused-ring (bicyclic) bond motifs is 2. The van der Waals surface area contributed by atoms with Gasteiger partial charge in [0.25, 0.3) is 0 Å². The largest absolute Gasteiger partial charge is 0.362 e. The third-order valence-electron chi connectivity index (χ3n) is 6.50. The first kappa shape index (κ1) is 21.2. The van der Waals surface area contributed by atoms with Crippen molar-refractivity contribution < 1.29 is 2.85 Å². The van der Waals surface area contributed by atoms with Crippen LogP contribution in [-0.4, -0.2) is 36.6 Å². The van der Waals surface area contributed by atoms with Crippen LogP contribution in [0.25, 0.3) is 21.0 Å². The van der Waals surface area contributed by atoms with E-state index in [4.69, 9.17) is 9.97 Å². The molecule has 1 fully saturated rings. The number of nitrogens with zero attached hydrogens (tertiary/aromatic N) is 3. The van der Waals surface area contributed by atoms with Crippen molar-refractivity contribution in [3.63, 3.8) is 0 Å². The second-order valence-corrected chi connectivity index (χ2v) is 9.94. The van der Waals surface area contributed by atoms with Crippen LogP contribution in [0.1, 0.15) is 34.1 Å². The van der Waals surface area contributed by atoms with Gasteiger partial charge in [0.2, 0.25) is 5.95 Å². The van der Waals surface area contributed by atoms with Gasteiger partial charge in [-0.15, -0.1) is 11.3 Å². The molecule has 0 saturated heterocycles. The Morgan fingerprint density at radius 1 is 0.969 bits per heavy atom. The lowest BCUT2D eigenvalue weighted by atomic mass is 9.86. The van der Waals surface area contributed by atoms with E-state index in [9.17, 15) is 0 Å². The third-order valence-corrected chi connectivity index (χ3v) is 7.51. The highest BCUT2D eigenvalue weighted by molar-refractivity contribution is 7.17. The van der Waals surface area contributed by atoms with Gasteiger partial charge < -0.3 is 15.5 Å². The van der Waals surface area contributed by atoms with E-state index < -0.39 is 0 Å². The quantitative estimate of drug-likeness (QED) is 0.354. The molecule has 0 radical (unpaired) electrons. The zero-order valence-corrected chi connectivity index (χ0v) is 19.7. The van der Waals surface area contributed by atoms with Crippen LogP contribution in [0.3, 0.4) is 0 Å². The van der Waals surface area contributed by atoms with Crippen LogP contribution in [0.4, 0.5) is 11.8 Å². The smallest absolute Gasteiger partial charge is 0.225 e. The summed E-state index contributed by atoms with van der Waals surface area (Å²) in [6.07, 6.45) is 4.81. The minimum Gasteiger partial charge on any atom is -0.362 e. The van der Waals surface area contributed by atoms with Crippen LogP contribution in [0.5, 0.6) is 0 Å². The normalized spacial score (nSPS) is 18.8. The Kier molecular flexibility index (Phi) is 6.23. The number of para-hydroxylation sites is 1. The van der Waals surface area contributed by atoms with Gasteiger partial charge >= 0.3 is 0 Å². The van der Waals surface area contributed by atoms with Crippen LogP contribution in [0.15, 0.2) is 53.9 Å². The summed E-state index contributed by atoms with van der Waals surface area (Å²) in [4.78, 5) is 11.6. The van der Waals surface area contributed by atoms with Gasteiger partial charge in [-0.25, -0.2) is 4.98 Å². The zero-order chi connectivity index (χ0) is 21.9. The van der Waals surface area contributed by atoms with E-state index in [2.05, 4.69) is 57.3 Å². The molecule has 6 heteroatoms. The van der Waals surface area contributed by atoms with Crippen LogP contribution < -0.4 is 15.5 Å². The van der Waals surface area contributed by atoms with Gasteiger partial charge in [-0.3, -0.25) is 0 Å². The first-order valence-electron chi connectivity index (χ1n) is 11.5. The van der Waals surface area contributed by atoms with Crippen molar-refractivity contribution in [2.45, 2.75) is 38.3 Å². The molecule has 2 aromatic carbocycles. The maximum atomic E-state index is 4.81. The van der Waals surface area contributed by atoms with Crippen molar-refractivity contribution in [1.29, 1.82) is 0 Å². The fourth-order valence-corrected chi connectivity index (χ4v) is 5.70. The molecule has 0 atom stereocenters. The van der Waals surface area contributed by atoms with Crippen molar-refractivity contribution in [2.75, 3.05) is 30.9 Å². The van der Waals surface area contributed by atoms with E-state index in [-0.39, 0.29) is 2.85 Å². The molecule has 0 aliphatic heterocycles. The van der Waals surface area contributed by atoms with Crippen molar-refractivity contribution in [3.8, 4) is 0 Å². The Balaban J connectivity index is 0.00000162. The Morgan fingerprint density at radius 2 is 1.72 bits per heavy atom. The Hall–Kier alpha value is -2.70. The van der Waals surface area contributed by atoms with Crippen LogP contribution in [0.2, 0.25) is 0 Å². The summed E-state index contributed by atoms with van der Waals surface area (Å²) in [5.41, 5.74) is 2.42. The maximum absolute atomic E-state index is 4.81. The summed E-state index contributed by atoms with van der Waals surface area (Å²) in [5.74, 6) is 2.46. The number of anilines is 2. The molecule has 0 spiro atoms. The van der Waals surface area contributed by atoms with Crippen molar-refractivity contribution in [3.05, 3.63) is 59.5 Å². The third kappa shape index (κ3) is 4.57. The molecule has 2 N–H and O–H groups in total. The lowest BCUT2D eigenvalue weighted by Crippen LogP contribution is -2.31. The van der Waals surface area contributed by atoms with Crippen LogP contribution in [0, 0.1) is 5.92 Å². The molecule has 0 bridgehead atoms. The van der Waals surface area contributed by atoms with E-state index >= 15 is 0 Å². The Labute approximate surface area is 196 Å². The minimum atomic E-state index is 0. The lowest BCUT2D eigenvalue weighted by molar-refractivity contribution is 0.324. The maximum Gasteiger partial charge on any atom is 0.225 e. The van der Waals surface area contributed by atoms with E-state index in [0.717, 1.165) is 41.7 Å². The Morgan fingerprint density at radius 3 is 2.53 bits per heavy atom. The molecule has 0 unspecified atom stereocenters. The number of aromatic nitrogens is 2. The summed E-state index contributed by atoms with van der Waals surface area (Å²) in [6.45, 7) is 2.05. The molecule has 1 aliphatic rings. The van der Waals surface area contributed by atoms with Crippen molar-refractivity contribution in [2.24, 2.45) is 5.92 Å². The summed E-state index contributed by atoms with van der Waals surface area (Å²) in [7, 11) is 4.07. The first-order chi connectivity index (χ1) is 15.7. The standard InChI is InChI=1S/C26H31N5S.2H2/c1-31(2)25-22-8-3-5-9-23(22)29-26(30-25)28-20-13-11-18(12-14-20)15-27-16-19-17-32-24-10-6-4-7-21(19)24;;/h3-10,17-18,20,27H,11-16H2,1-2H3,(H,28,29,30);2*1H. The van der Waals surface area contributed by atoms with Crippen molar-refractivity contribution >= 4 is 44.1 Å².